The maximum atomic E-state index is 9.12. The summed E-state index contributed by atoms with van der Waals surface area (Å²) in [7, 11) is 0. The number of nitrogens with zero attached hydrogens (tertiary/aromatic N) is 4. The fourth-order valence-electron chi connectivity index (χ4n) is 4.30. The van der Waals surface area contributed by atoms with Crippen molar-refractivity contribution in [2.75, 3.05) is 6.54 Å². The van der Waals surface area contributed by atoms with Crippen molar-refractivity contribution in [2.24, 2.45) is 0 Å². The number of imidazole rings is 1. The van der Waals surface area contributed by atoms with Gasteiger partial charge >= 0.3 is 0 Å². The lowest BCUT2D eigenvalue weighted by atomic mass is 9.95. The van der Waals surface area contributed by atoms with Gasteiger partial charge in [-0.25, -0.2) is 4.98 Å². The van der Waals surface area contributed by atoms with Crippen molar-refractivity contribution in [3.8, 4) is 6.07 Å². The summed E-state index contributed by atoms with van der Waals surface area (Å²) in [6.45, 7) is 5.21. The Hall–Kier alpha value is -2.42. The SMILES string of the molecule is CCCCn1cncc1[C@@H](Cc1ccc(C#N)cc1)N1CCc2ccc(Br)cc2C1. The molecular formula is C25H27BrN4. The minimum Gasteiger partial charge on any atom is -0.333 e. The molecule has 2 heterocycles. The predicted molar refractivity (Wildman–Crippen MR) is 123 cm³/mol. The first-order valence-corrected chi connectivity index (χ1v) is 11.5. The van der Waals surface area contributed by atoms with Crippen molar-refractivity contribution in [3.05, 3.63) is 87.4 Å². The minimum atomic E-state index is 0.254. The van der Waals surface area contributed by atoms with E-state index in [0.717, 1.165) is 43.4 Å². The second kappa shape index (κ2) is 9.59. The number of nitriles is 1. The van der Waals surface area contributed by atoms with Crippen molar-refractivity contribution < 1.29 is 0 Å². The standard InChI is InChI=1S/C25H27BrN4/c1-2-3-11-30-18-28-16-25(30)24(13-19-4-6-20(15-27)7-5-19)29-12-10-21-8-9-23(26)14-22(21)17-29/h4-9,14,16,18,24H,2-3,10-13,17H2,1H3/t24-/m1/s1. The molecule has 4 nitrogen and oxygen atoms in total. The maximum absolute atomic E-state index is 9.12. The summed E-state index contributed by atoms with van der Waals surface area (Å²) in [5.74, 6) is 0. The minimum absolute atomic E-state index is 0.254. The molecule has 0 amide bonds. The molecule has 0 N–H and O–H groups in total. The van der Waals surface area contributed by atoms with Crippen LogP contribution in [0.15, 0.2) is 59.5 Å². The molecule has 3 aromatic rings. The summed E-state index contributed by atoms with van der Waals surface area (Å²) in [6, 6.07) is 17.1. The van der Waals surface area contributed by atoms with Crippen LogP contribution in [-0.4, -0.2) is 21.0 Å². The molecule has 5 heteroatoms. The van der Waals surface area contributed by atoms with Crippen LogP contribution in [0.3, 0.4) is 0 Å². The summed E-state index contributed by atoms with van der Waals surface area (Å²) in [6.07, 6.45) is 8.32. The number of unbranched alkanes of at least 4 members (excludes halogenated alkanes) is 1. The first kappa shape index (κ1) is 20.8. The molecule has 0 radical (unpaired) electrons. The zero-order chi connectivity index (χ0) is 20.9. The maximum Gasteiger partial charge on any atom is 0.0991 e. The highest BCUT2D eigenvalue weighted by atomic mass is 79.9. The normalized spacial score (nSPS) is 14.8. The second-order valence-corrected chi connectivity index (χ2v) is 8.94. The van der Waals surface area contributed by atoms with Crippen LogP contribution >= 0.6 is 15.9 Å². The van der Waals surface area contributed by atoms with Gasteiger partial charge in [0, 0.05) is 30.3 Å². The summed E-state index contributed by atoms with van der Waals surface area (Å²) in [4.78, 5) is 7.09. The van der Waals surface area contributed by atoms with Crippen molar-refractivity contribution >= 4 is 15.9 Å². The van der Waals surface area contributed by atoms with Crippen molar-refractivity contribution in [2.45, 2.75) is 51.7 Å². The van der Waals surface area contributed by atoms with Crippen LogP contribution in [0.5, 0.6) is 0 Å². The molecule has 0 unspecified atom stereocenters. The van der Waals surface area contributed by atoms with Crippen LogP contribution in [0, 0.1) is 11.3 Å². The smallest absolute Gasteiger partial charge is 0.0991 e. The first-order chi connectivity index (χ1) is 14.7. The highest BCUT2D eigenvalue weighted by Crippen LogP contribution is 2.32. The van der Waals surface area contributed by atoms with E-state index in [-0.39, 0.29) is 6.04 Å². The van der Waals surface area contributed by atoms with Gasteiger partial charge in [0.15, 0.2) is 0 Å². The number of aromatic nitrogens is 2. The van der Waals surface area contributed by atoms with E-state index in [2.05, 4.69) is 73.7 Å². The van der Waals surface area contributed by atoms with Crippen molar-refractivity contribution in [1.82, 2.24) is 14.5 Å². The molecule has 0 saturated carbocycles. The molecule has 0 saturated heterocycles. The van der Waals surface area contributed by atoms with Crippen LogP contribution < -0.4 is 0 Å². The molecule has 1 aliphatic heterocycles. The Morgan fingerprint density at radius 3 is 2.77 bits per heavy atom. The lowest BCUT2D eigenvalue weighted by molar-refractivity contribution is 0.170. The number of rotatable bonds is 7. The van der Waals surface area contributed by atoms with E-state index in [9.17, 15) is 0 Å². The molecule has 2 aromatic carbocycles. The van der Waals surface area contributed by atoms with Crippen LogP contribution in [0.1, 0.15) is 53.8 Å². The number of hydrogen-bond acceptors (Lipinski definition) is 3. The van der Waals surface area contributed by atoms with Gasteiger partial charge in [-0.2, -0.15) is 5.26 Å². The van der Waals surface area contributed by atoms with Gasteiger partial charge in [-0.3, -0.25) is 4.90 Å². The van der Waals surface area contributed by atoms with Crippen LogP contribution in [0.25, 0.3) is 0 Å². The lowest BCUT2D eigenvalue weighted by Crippen LogP contribution is -2.36. The van der Waals surface area contributed by atoms with Gasteiger partial charge in [-0.15, -0.1) is 0 Å². The Labute approximate surface area is 187 Å². The molecule has 0 fully saturated rings. The number of aryl methyl sites for hydroxylation is 1. The third kappa shape index (κ3) is 4.66. The van der Waals surface area contributed by atoms with E-state index in [0.29, 0.717) is 5.56 Å². The van der Waals surface area contributed by atoms with E-state index in [1.807, 2.05) is 24.7 Å². The quantitative estimate of drug-likeness (QED) is 0.454. The number of halogens is 1. The van der Waals surface area contributed by atoms with Crippen LogP contribution in [0.2, 0.25) is 0 Å². The highest BCUT2D eigenvalue weighted by molar-refractivity contribution is 9.10. The summed E-state index contributed by atoms with van der Waals surface area (Å²) < 4.78 is 3.47. The summed E-state index contributed by atoms with van der Waals surface area (Å²) >= 11 is 3.63. The highest BCUT2D eigenvalue weighted by Gasteiger charge is 2.27. The predicted octanol–water partition coefficient (Wildman–Crippen LogP) is 5.66. The van der Waals surface area contributed by atoms with Crippen molar-refractivity contribution in [1.29, 1.82) is 5.26 Å². The van der Waals surface area contributed by atoms with Gasteiger partial charge in [-0.05, 0) is 60.2 Å². The Balaban J connectivity index is 1.65. The molecule has 0 aliphatic carbocycles. The monoisotopic (exact) mass is 462 g/mol. The third-order valence-electron chi connectivity index (χ3n) is 6.00. The Morgan fingerprint density at radius 1 is 1.17 bits per heavy atom. The molecule has 1 aliphatic rings. The van der Waals surface area contributed by atoms with Crippen LogP contribution in [0.4, 0.5) is 0 Å². The van der Waals surface area contributed by atoms with E-state index in [1.165, 1.54) is 28.8 Å². The largest absolute Gasteiger partial charge is 0.333 e. The first-order valence-electron chi connectivity index (χ1n) is 10.7. The number of hydrogen-bond donors (Lipinski definition) is 0. The Kier molecular flexibility index (Phi) is 6.66. The average molecular weight is 463 g/mol. The Bertz CT molecular complexity index is 1030. The third-order valence-corrected chi connectivity index (χ3v) is 6.49. The summed E-state index contributed by atoms with van der Waals surface area (Å²) in [5.41, 5.74) is 6.10. The summed E-state index contributed by atoms with van der Waals surface area (Å²) in [5, 5.41) is 9.12. The lowest BCUT2D eigenvalue weighted by Gasteiger charge is -2.36. The van der Waals surface area contributed by atoms with Gasteiger partial charge in [0.05, 0.1) is 29.7 Å². The molecule has 0 bridgehead atoms. The molecular weight excluding hydrogens is 436 g/mol. The average Bonchev–Trinajstić information content (AvgIpc) is 3.24. The van der Waals surface area contributed by atoms with E-state index >= 15 is 0 Å². The Morgan fingerprint density at radius 2 is 2.00 bits per heavy atom. The topological polar surface area (TPSA) is 44.9 Å². The molecule has 0 spiro atoms. The molecule has 1 atom stereocenters. The molecule has 4 rings (SSSR count). The van der Waals surface area contributed by atoms with Gasteiger partial charge < -0.3 is 4.57 Å². The number of fused-ring (bicyclic) bond motifs is 1. The number of benzene rings is 2. The molecule has 1 aromatic heterocycles. The van der Waals surface area contributed by atoms with Crippen LogP contribution in [-0.2, 0) is 25.9 Å². The van der Waals surface area contributed by atoms with Crippen molar-refractivity contribution in [3.63, 3.8) is 0 Å². The van der Waals surface area contributed by atoms with E-state index in [4.69, 9.17) is 5.26 Å². The zero-order valence-corrected chi connectivity index (χ0v) is 19.0. The molecule has 154 valence electrons. The van der Waals surface area contributed by atoms with Gasteiger partial charge in [0.2, 0.25) is 0 Å². The second-order valence-electron chi connectivity index (χ2n) is 8.03. The van der Waals surface area contributed by atoms with E-state index in [1.54, 1.807) is 0 Å². The fraction of sp³-hybridized carbons (Fsp3) is 0.360. The van der Waals surface area contributed by atoms with E-state index < -0.39 is 0 Å². The van der Waals surface area contributed by atoms with Gasteiger partial charge in [-0.1, -0.05) is 47.5 Å². The fourth-order valence-corrected chi connectivity index (χ4v) is 4.71. The zero-order valence-electron chi connectivity index (χ0n) is 17.4. The van der Waals surface area contributed by atoms with Gasteiger partial charge in [0.1, 0.15) is 0 Å². The molecule has 30 heavy (non-hydrogen) atoms. The van der Waals surface area contributed by atoms with Gasteiger partial charge in [0.25, 0.3) is 0 Å².